The van der Waals surface area contributed by atoms with E-state index in [1.807, 2.05) is 0 Å². The minimum Gasteiger partial charge on any atom is -0.207 e. The van der Waals surface area contributed by atoms with Crippen LogP contribution in [0.15, 0.2) is 18.2 Å². The lowest BCUT2D eigenvalue weighted by Crippen LogP contribution is -1.89. The molecular weight excluding hydrogens is 226 g/mol. The van der Waals surface area contributed by atoms with E-state index in [2.05, 4.69) is 15.9 Å². The van der Waals surface area contributed by atoms with Gasteiger partial charge in [0.05, 0.1) is 0 Å². The number of benzene rings is 1. The zero-order chi connectivity index (χ0) is 8.72. The highest BCUT2D eigenvalue weighted by Gasteiger charge is 2.37. The molecule has 0 N–H and O–H groups in total. The average Bonchev–Trinajstić information content (AvgIpc) is 2.73. The topological polar surface area (TPSA) is 0 Å². The number of rotatable bonds is 1. The second kappa shape index (κ2) is 2.80. The van der Waals surface area contributed by atoms with E-state index >= 15 is 0 Å². The van der Waals surface area contributed by atoms with Gasteiger partial charge in [0, 0.05) is 10.7 Å². The van der Waals surface area contributed by atoms with Gasteiger partial charge in [-0.05, 0) is 30.2 Å². The Kier molecular flexibility index (Phi) is 1.91. The fourth-order valence-corrected chi connectivity index (χ4v) is 1.97. The molecule has 0 aromatic heterocycles. The summed E-state index contributed by atoms with van der Waals surface area (Å²) in [6.07, 6.45) is 0.903. The summed E-state index contributed by atoms with van der Waals surface area (Å²) in [5.41, 5.74) is 0.497. The smallest absolute Gasteiger partial charge is 0.126 e. The van der Waals surface area contributed by atoms with Crippen LogP contribution >= 0.6 is 15.9 Å². The molecule has 0 radical (unpaired) electrons. The molecule has 0 spiro atoms. The summed E-state index contributed by atoms with van der Waals surface area (Å²) in [4.78, 5) is 0.328. The largest absolute Gasteiger partial charge is 0.207 e. The Hall–Kier alpha value is -0.440. The molecule has 1 aromatic carbocycles. The summed E-state index contributed by atoms with van der Waals surface area (Å²) in [7, 11) is 0. The van der Waals surface area contributed by atoms with Gasteiger partial charge in [0.15, 0.2) is 0 Å². The summed E-state index contributed by atoms with van der Waals surface area (Å²) in [6, 6.07) is 3.61. The van der Waals surface area contributed by atoms with Crippen molar-refractivity contribution < 1.29 is 8.78 Å². The van der Waals surface area contributed by atoms with E-state index in [0.717, 1.165) is 12.5 Å². The summed E-state index contributed by atoms with van der Waals surface area (Å²) in [5.74, 6) is -0.498. The van der Waals surface area contributed by atoms with Crippen LogP contribution in [-0.2, 0) is 0 Å². The minimum absolute atomic E-state index is 0.167. The average molecular weight is 233 g/mol. The maximum absolute atomic E-state index is 13.0. The lowest BCUT2D eigenvalue weighted by Gasteiger charge is -1.99. The van der Waals surface area contributed by atoms with Gasteiger partial charge < -0.3 is 0 Å². The van der Waals surface area contributed by atoms with Gasteiger partial charge in [0.2, 0.25) is 0 Å². The van der Waals surface area contributed by atoms with E-state index in [-0.39, 0.29) is 17.6 Å². The van der Waals surface area contributed by atoms with Crippen LogP contribution in [0.25, 0.3) is 0 Å². The van der Waals surface area contributed by atoms with Crippen LogP contribution in [0.4, 0.5) is 8.78 Å². The van der Waals surface area contributed by atoms with Crippen molar-refractivity contribution in [3.8, 4) is 0 Å². The van der Waals surface area contributed by atoms with Crippen molar-refractivity contribution in [2.45, 2.75) is 17.2 Å². The molecule has 3 heteroatoms. The van der Waals surface area contributed by atoms with Gasteiger partial charge in [-0.15, -0.1) is 0 Å². The highest BCUT2D eigenvalue weighted by molar-refractivity contribution is 9.09. The maximum Gasteiger partial charge on any atom is 0.126 e. The van der Waals surface area contributed by atoms with Crippen LogP contribution in [-0.4, -0.2) is 4.83 Å². The minimum atomic E-state index is -0.363. The van der Waals surface area contributed by atoms with Crippen molar-refractivity contribution in [2.24, 2.45) is 0 Å². The van der Waals surface area contributed by atoms with E-state index in [9.17, 15) is 8.78 Å². The van der Waals surface area contributed by atoms with Crippen LogP contribution in [0.3, 0.4) is 0 Å². The van der Waals surface area contributed by atoms with Crippen LogP contribution in [0.1, 0.15) is 17.9 Å². The fourth-order valence-electron chi connectivity index (χ4n) is 1.28. The first-order chi connectivity index (χ1) is 5.68. The number of hydrogen-bond acceptors (Lipinski definition) is 0. The zero-order valence-corrected chi connectivity index (χ0v) is 7.81. The Morgan fingerprint density at radius 3 is 2.58 bits per heavy atom. The number of hydrogen-bond donors (Lipinski definition) is 0. The number of halogens is 3. The summed E-state index contributed by atoms with van der Waals surface area (Å²) >= 11 is 3.35. The molecule has 0 saturated heterocycles. The lowest BCUT2D eigenvalue weighted by atomic mass is 10.1. The first-order valence-corrected chi connectivity index (χ1v) is 4.69. The molecule has 0 amide bonds. The van der Waals surface area contributed by atoms with Crippen molar-refractivity contribution >= 4 is 15.9 Å². The number of alkyl halides is 1. The van der Waals surface area contributed by atoms with E-state index in [0.29, 0.717) is 10.4 Å². The molecule has 1 aliphatic carbocycles. The van der Waals surface area contributed by atoms with E-state index in [1.165, 1.54) is 12.1 Å². The highest BCUT2D eigenvalue weighted by atomic mass is 79.9. The molecule has 2 rings (SSSR count). The van der Waals surface area contributed by atoms with E-state index in [4.69, 9.17) is 0 Å². The third-order valence-corrected chi connectivity index (χ3v) is 3.08. The van der Waals surface area contributed by atoms with Crippen LogP contribution < -0.4 is 0 Å². The molecule has 64 valence electrons. The normalized spacial score (nSPS) is 27.2. The fraction of sp³-hybridized carbons (Fsp3) is 0.333. The Labute approximate surface area is 77.7 Å². The molecule has 1 aromatic rings. The Morgan fingerprint density at radius 2 is 2.00 bits per heavy atom. The molecule has 0 heterocycles. The maximum atomic E-state index is 13.0. The second-order valence-corrected chi connectivity index (χ2v) is 4.20. The van der Waals surface area contributed by atoms with Crippen molar-refractivity contribution in [1.29, 1.82) is 0 Å². The van der Waals surface area contributed by atoms with Gasteiger partial charge in [-0.2, -0.15) is 0 Å². The molecule has 1 aliphatic rings. The molecule has 0 bridgehead atoms. The van der Waals surface area contributed by atoms with Crippen LogP contribution in [0.5, 0.6) is 0 Å². The molecule has 1 fully saturated rings. The molecule has 1 saturated carbocycles. The van der Waals surface area contributed by atoms with Crippen LogP contribution in [0.2, 0.25) is 0 Å². The lowest BCUT2D eigenvalue weighted by molar-refractivity contribution is 0.586. The quantitative estimate of drug-likeness (QED) is 0.653. The van der Waals surface area contributed by atoms with Crippen molar-refractivity contribution in [3.63, 3.8) is 0 Å². The van der Waals surface area contributed by atoms with Gasteiger partial charge in [-0.3, -0.25) is 0 Å². The Bertz CT molecular complexity index is 311. The predicted octanol–water partition coefficient (Wildman–Crippen LogP) is 3.22. The third kappa shape index (κ3) is 1.38. The first-order valence-electron chi connectivity index (χ1n) is 3.77. The van der Waals surface area contributed by atoms with Gasteiger partial charge in [-0.1, -0.05) is 15.9 Å². The third-order valence-electron chi connectivity index (χ3n) is 2.07. The molecule has 12 heavy (non-hydrogen) atoms. The molecule has 0 nitrogen and oxygen atoms in total. The molecule has 2 unspecified atom stereocenters. The molecule has 2 atom stereocenters. The standard InChI is InChI=1S/C9H7BrF2/c10-8-4-6(8)7-3-5(11)1-2-9(7)12/h1-3,6,8H,4H2. The van der Waals surface area contributed by atoms with E-state index in [1.54, 1.807) is 0 Å². The highest BCUT2D eigenvalue weighted by Crippen LogP contribution is 2.47. The summed E-state index contributed by atoms with van der Waals surface area (Å²) in [6.45, 7) is 0. The van der Waals surface area contributed by atoms with Gasteiger partial charge in [0.25, 0.3) is 0 Å². The first kappa shape index (κ1) is 8.17. The second-order valence-electron chi connectivity index (χ2n) is 3.02. The van der Waals surface area contributed by atoms with Crippen molar-refractivity contribution in [1.82, 2.24) is 0 Å². The zero-order valence-electron chi connectivity index (χ0n) is 6.23. The SMILES string of the molecule is Fc1ccc(F)c(C2CC2Br)c1. The Morgan fingerprint density at radius 1 is 1.33 bits per heavy atom. The molecule has 0 aliphatic heterocycles. The van der Waals surface area contributed by atoms with Gasteiger partial charge in [-0.25, -0.2) is 8.78 Å². The van der Waals surface area contributed by atoms with Gasteiger partial charge >= 0.3 is 0 Å². The monoisotopic (exact) mass is 232 g/mol. The molecular formula is C9H7BrF2. The predicted molar refractivity (Wildman–Crippen MR) is 46.4 cm³/mol. The Balaban J connectivity index is 2.36. The summed E-state index contributed by atoms with van der Waals surface area (Å²) in [5, 5.41) is 0. The summed E-state index contributed by atoms with van der Waals surface area (Å²) < 4.78 is 25.7. The van der Waals surface area contributed by atoms with Crippen molar-refractivity contribution in [3.05, 3.63) is 35.4 Å². The van der Waals surface area contributed by atoms with Crippen molar-refractivity contribution in [2.75, 3.05) is 0 Å². The van der Waals surface area contributed by atoms with Gasteiger partial charge in [0.1, 0.15) is 11.6 Å². The van der Waals surface area contributed by atoms with Crippen LogP contribution in [0, 0.1) is 11.6 Å². The van der Waals surface area contributed by atoms with E-state index < -0.39 is 0 Å².